The standard InChI is InChI=1S/C36H40ClN3O4S/c1-5-21-38-36(42)34(23-29-12-7-6-8-13-29)39(24-30-14-10-15-31(37)22-30)35(41)25-40(33-16-9-11-27(3)28(33)4)45(43,44)32-19-17-26(2)18-20-32/h6-20,22,34H,5,21,23-25H2,1-4H3,(H,38,42). The zero-order chi connectivity index (χ0) is 32.6. The number of sulfonamides is 1. The van der Waals surface area contributed by atoms with E-state index < -0.39 is 28.5 Å². The summed E-state index contributed by atoms with van der Waals surface area (Å²) < 4.78 is 29.7. The summed E-state index contributed by atoms with van der Waals surface area (Å²) in [7, 11) is -4.17. The van der Waals surface area contributed by atoms with E-state index in [1.807, 2.05) is 70.2 Å². The third kappa shape index (κ3) is 8.53. The molecule has 0 heterocycles. The molecule has 1 atom stereocenters. The van der Waals surface area contributed by atoms with Crippen molar-refractivity contribution in [1.82, 2.24) is 10.2 Å². The Balaban J connectivity index is 1.83. The van der Waals surface area contributed by atoms with Crippen LogP contribution in [0.1, 0.15) is 41.2 Å². The molecule has 4 aromatic carbocycles. The van der Waals surface area contributed by atoms with Crippen molar-refractivity contribution in [2.45, 2.75) is 58.0 Å². The van der Waals surface area contributed by atoms with E-state index in [4.69, 9.17) is 11.6 Å². The highest BCUT2D eigenvalue weighted by atomic mass is 35.5. The Hall–Kier alpha value is -4.14. The Morgan fingerprint density at radius 2 is 1.51 bits per heavy atom. The molecular weight excluding hydrogens is 606 g/mol. The van der Waals surface area contributed by atoms with Crippen LogP contribution in [0.2, 0.25) is 5.02 Å². The summed E-state index contributed by atoms with van der Waals surface area (Å²) in [6.07, 6.45) is 0.970. The lowest BCUT2D eigenvalue weighted by atomic mass is 10.0. The molecule has 0 aliphatic carbocycles. The van der Waals surface area contributed by atoms with Gasteiger partial charge in [0.25, 0.3) is 10.0 Å². The molecule has 0 radical (unpaired) electrons. The minimum Gasteiger partial charge on any atom is -0.354 e. The number of hydrogen-bond acceptors (Lipinski definition) is 4. The maximum atomic E-state index is 14.6. The summed E-state index contributed by atoms with van der Waals surface area (Å²) in [6, 6.07) is 27.6. The van der Waals surface area contributed by atoms with Gasteiger partial charge in [-0.05, 0) is 79.8 Å². The van der Waals surface area contributed by atoms with Crippen LogP contribution >= 0.6 is 11.6 Å². The maximum absolute atomic E-state index is 14.6. The minimum atomic E-state index is -4.17. The molecule has 45 heavy (non-hydrogen) atoms. The predicted octanol–water partition coefficient (Wildman–Crippen LogP) is 6.63. The van der Waals surface area contributed by atoms with Gasteiger partial charge in [0.15, 0.2) is 0 Å². The van der Waals surface area contributed by atoms with E-state index >= 15 is 0 Å². The fourth-order valence-electron chi connectivity index (χ4n) is 5.11. The van der Waals surface area contributed by atoms with Crippen molar-refractivity contribution in [3.63, 3.8) is 0 Å². The van der Waals surface area contributed by atoms with Crippen molar-refractivity contribution in [3.05, 3.63) is 130 Å². The van der Waals surface area contributed by atoms with E-state index in [-0.39, 0.29) is 23.8 Å². The van der Waals surface area contributed by atoms with E-state index in [0.29, 0.717) is 17.3 Å². The van der Waals surface area contributed by atoms with Crippen LogP contribution < -0.4 is 9.62 Å². The molecule has 236 valence electrons. The van der Waals surface area contributed by atoms with Crippen molar-refractivity contribution in [2.75, 3.05) is 17.4 Å². The molecule has 0 aliphatic rings. The largest absolute Gasteiger partial charge is 0.354 e. The van der Waals surface area contributed by atoms with E-state index in [1.165, 1.54) is 4.90 Å². The van der Waals surface area contributed by atoms with Gasteiger partial charge in [-0.25, -0.2) is 8.42 Å². The number of carbonyl (C=O) groups excluding carboxylic acids is 2. The normalized spacial score (nSPS) is 11.9. The van der Waals surface area contributed by atoms with E-state index in [1.54, 1.807) is 54.6 Å². The second-order valence-electron chi connectivity index (χ2n) is 11.2. The van der Waals surface area contributed by atoms with Gasteiger partial charge in [-0.3, -0.25) is 13.9 Å². The molecule has 1 unspecified atom stereocenters. The first-order valence-electron chi connectivity index (χ1n) is 15.0. The number of amides is 2. The van der Waals surface area contributed by atoms with Gasteiger partial charge in [-0.2, -0.15) is 0 Å². The molecule has 1 N–H and O–H groups in total. The van der Waals surface area contributed by atoms with Crippen LogP contribution in [-0.2, 0) is 32.6 Å². The monoisotopic (exact) mass is 645 g/mol. The van der Waals surface area contributed by atoms with Crippen molar-refractivity contribution >= 4 is 39.1 Å². The van der Waals surface area contributed by atoms with E-state index in [2.05, 4.69) is 5.32 Å². The molecule has 4 rings (SSSR count). The van der Waals surface area contributed by atoms with Gasteiger partial charge in [0.1, 0.15) is 12.6 Å². The number of nitrogens with zero attached hydrogens (tertiary/aromatic N) is 2. The smallest absolute Gasteiger partial charge is 0.264 e. The average molecular weight is 646 g/mol. The molecule has 7 nitrogen and oxygen atoms in total. The number of anilines is 1. The Kier molecular flexibility index (Phi) is 11.4. The second-order valence-corrected chi connectivity index (χ2v) is 13.5. The maximum Gasteiger partial charge on any atom is 0.264 e. The van der Waals surface area contributed by atoms with Crippen LogP contribution in [0.15, 0.2) is 102 Å². The zero-order valence-corrected chi connectivity index (χ0v) is 27.7. The lowest BCUT2D eigenvalue weighted by molar-refractivity contribution is -0.140. The van der Waals surface area contributed by atoms with Crippen molar-refractivity contribution < 1.29 is 18.0 Å². The zero-order valence-electron chi connectivity index (χ0n) is 26.2. The van der Waals surface area contributed by atoms with Crippen molar-refractivity contribution in [2.24, 2.45) is 0 Å². The van der Waals surface area contributed by atoms with Gasteiger partial charge >= 0.3 is 0 Å². The fraction of sp³-hybridized carbons (Fsp3) is 0.278. The number of carbonyl (C=O) groups is 2. The second kappa shape index (κ2) is 15.2. The van der Waals surface area contributed by atoms with Gasteiger partial charge in [-0.1, -0.05) is 90.8 Å². The van der Waals surface area contributed by atoms with Crippen molar-refractivity contribution in [3.8, 4) is 0 Å². The molecule has 0 fully saturated rings. The summed E-state index contributed by atoms with van der Waals surface area (Å²) in [4.78, 5) is 29.9. The number of benzene rings is 4. The predicted molar refractivity (Wildman–Crippen MR) is 181 cm³/mol. The third-order valence-corrected chi connectivity index (χ3v) is 9.80. The van der Waals surface area contributed by atoms with Crippen LogP contribution in [0.25, 0.3) is 0 Å². The topological polar surface area (TPSA) is 86.8 Å². The Morgan fingerprint density at radius 3 is 2.18 bits per heavy atom. The fourth-order valence-corrected chi connectivity index (χ4v) is 6.79. The number of hydrogen-bond donors (Lipinski definition) is 1. The lowest BCUT2D eigenvalue weighted by Crippen LogP contribution is -2.53. The summed E-state index contributed by atoms with van der Waals surface area (Å²) in [5.41, 5.74) is 4.54. The van der Waals surface area contributed by atoms with Crippen LogP contribution in [-0.4, -0.2) is 44.3 Å². The summed E-state index contributed by atoms with van der Waals surface area (Å²) in [6.45, 7) is 7.57. The first-order valence-corrected chi connectivity index (χ1v) is 16.8. The SMILES string of the molecule is CCCNC(=O)C(Cc1ccccc1)N(Cc1cccc(Cl)c1)C(=O)CN(c1cccc(C)c1C)S(=O)(=O)c1ccc(C)cc1. The van der Waals surface area contributed by atoms with Crippen LogP contribution in [0.5, 0.6) is 0 Å². The Labute approximate surface area is 271 Å². The molecule has 0 aromatic heterocycles. The molecule has 0 bridgehead atoms. The summed E-state index contributed by atoms with van der Waals surface area (Å²) in [5.74, 6) is -0.824. The summed E-state index contributed by atoms with van der Waals surface area (Å²) in [5, 5.41) is 3.45. The number of aryl methyl sites for hydroxylation is 2. The molecule has 0 spiro atoms. The first-order chi connectivity index (χ1) is 21.5. The third-order valence-electron chi connectivity index (χ3n) is 7.79. The molecule has 0 saturated heterocycles. The average Bonchev–Trinajstić information content (AvgIpc) is 3.02. The Morgan fingerprint density at radius 1 is 0.844 bits per heavy atom. The highest BCUT2D eigenvalue weighted by molar-refractivity contribution is 7.92. The van der Waals surface area contributed by atoms with Crippen LogP contribution in [0.3, 0.4) is 0 Å². The lowest BCUT2D eigenvalue weighted by Gasteiger charge is -2.34. The molecule has 0 aliphatic heterocycles. The van der Waals surface area contributed by atoms with Gasteiger partial charge in [0.05, 0.1) is 10.6 Å². The number of halogens is 1. The van der Waals surface area contributed by atoms with Gasteiger partial charge in [-0.15, -0.1) is 0 Å². The number of rotatable bonds is 13. The Bertz CT molecular complexity index is 1730. The molecular formula is C36H40ClN3O4S. The van der Waals surface area contributed by atoms with Gasteiger partial charge in [0, 0.05) is 24.5 Å². The molecule has 0 saturated carbocycles. The number of nitrogens with one attached hydrogen (secondary N) is 1. The van der Waals surface area contributed by atoms with Crippen LogP contribution in [0, 0.1) is 20.8 Å². The van der Waals surface area contributed by atoms with Crippen molar-refractivity contribution in [1.29, 1.82) is 0 Å². The quantitative estimate of drug-likeness (QED) is 0.177. The summed E-state index contributed by atoms with van der Waals surface area (Å²) >= 11 is 6.31. The molecule has 4 aromatic rings. The van der Waals surface area contributed by atoms with E-state index in [9.17, 15) is 18.0 Å². The van der Waals surface area contributed by atoms with Crippen LogP contribution in [0.4, 0.5) is 5.69 Å². The highest BCUT2D eigenvalue weighted by Gasteiger charge is 2.35. The van der Waals surface area contributed by atoms with Gasteiger partial charge in [0.2, 0.25) is 11.8 Å². The first kappa shape index (κ1) is 33.7. The van der Waals surface area contributed by atoms with Gasteiger partial charge < -0.3 is 10.2 Å². The highest BCUT2D eigenvalue weighted by Crippen LogP contribution is 2.29. The molecule has 2 amide bonds. The van der Waals surface area contributed by atoms with E-state index in [0.717, 1.165) is 38.5 Å². The minimum absolute atomic E-state index is 0.0572. The molecule has 9 heteroatoms.